The lowest BCUT2D eigenvalue weighted by Crippen LogP contribution is -2.36. The van der Waals surface area contributed by atoms with Gasteiger partial charge in [-0.25, -0.2) is 0 Å². The van der Waals surface area contributed by atoms with Crippen LogP contribution in [0.2, 0.25) is 0 Å². The summed E-state index contributed by atoms with van der Waals surface area (Å²) in [5.41, 5.74) is 2.11. The van der Waals surface area contributed by atoms with E-state index in [1.54, 1.807) is 0 Å². The highest BCUT2D eigenvalue weighted by molar-refractivity contribution is 5.61. The fourth-order valence-electron chi connectivity index (χ4n) is 1.60. The Kier molecular flexibility index (Phi) is 5.19. The summed E-state index contributed by atoms with van der Waals surface area (Å²) in [7, 11) is 0. The summed E-state index contributed by atoms with van der Waals surface area (Å²) in [6.07, 6.45) is -0.123. The van der Waals surface area contributed by atoms with Crippen molar-refractivity contribution in [3.05, 3.63) is 36.4 Å². The van der Waals surface area contributed by atoms with Crippen molar-refractivity contribution in [3.8, 4) is 5.75 Å². The molecule has 0 saturated carbocycles. The number of rotatable bonds is 5. The number of hydrogen-bond donors (Lipinski definition) is 0. The summed E-state index contributed by atoms with van der Waals surface area (Å²) in [6.45, 7) is 16.3. The van der Waals surface area contributed by atoms with Crippen LogP contribution < -0.4 is 4.74 Å². The molecule has 1 rings (SSSR count). The van der Waals surface area contributed by atoms with Crippen LogP contribution in [0.25, 0.3) is 5.57 Å². The van der Waals surface area contributed by atoms with Gasteiger partial charge in [-0.3, -0.25) is 0 Å². The molecule has 0 radical (unpaired) electrons. The molecule has 0 amide bonds. The molecule has 1 atom stereocenters. The molecule has 0 bridgehead atoms. The Bertz CT molecular complexity index is 410. The first-order chi connectivity index (χ1) is 8.70. The molecule has 2 nitrogen and oxygen atoms in total. The van der Waals surface area contributed by atoms with Crippen molar-refractivity contribution in [1.29, 1.82) is 0 Å². The molecule has 0 heterocycles. The van der Waals surface area contributed by atoms with Gasteiger partial charge in [0, 0.05) is 5.41 Å². The van der Waals surface area contributed by atoms with E-state index in [0.717, 1.165) is 16.9 Å². The van der Waals surface area contributed by atoms with Crippen LogP contribution >= 0.6 is 0 Å². The van der Waals surface area contributed by atoms with E-state index in [2.05, 4.69) is 27.4 Å². The van der Waals surface area contributed by atoms with Gasteiger partial charge in [0.1, 0.15) is 5.75 Å². The molecular weight excluding hydrogens is 236 g/mol. The summed E-state index contributed by atoms with van der Waals surface area (Å²) in [6, 6.07) is 7.97. The zero-order valence-electron chi connectivity index (χ0n) is 13.0. The summed E-state index contributed by atoms with van der Waals surface area (Å²) >= 11 is 0. The molecule has 0 aliphatic carbocycles. The van der Waals surface area contributed by atoms with Crippen molar-refractivity contribution in [2.45, 2.75) is 53.9 Å². The fraction of sp³-hybridized carbons (Fsp3) is 0.529. The van der Waals surface area contributed by atoms with Gasteiger partial charge in [0.25, 0.3) is 0 Å². The van der Waals surface area contributed by atoms with Gasteiger partial charge in [-0.1, -0.05) is 45.1 Å². The molecule has 0 saturated heterocycles. The molecule has 2 heteroatoms. The van der Waals surface area contributed by atoms with E-state index in [1.165, 1.54) is 0 Å². The van der Waals surface area contributed by atoms with Gasteiger partial charge >= 0.3 is 0 Å². The Morgan fingerprint density at radius 2 is 1.63 bits per heavy atom. The lowest BCUT2D eigenvalue weighted by atomic mass is 9.95. The maximum absolute atomic E-state index is 5.97. The van der Waals surface area contributed by atoms with Crippen LogP contribution in [0.4, 0.5) is 0 Å². The van der Waals surface area contributed by atoms with E-state index < -0.39 is 0 Å². The van der Waals surface area contributed by atoms with Crippen molar-refractivity contribution < 1.29 is 9.47 Å². The summed E-state index contributed by atoms with van der Waals surface area (Å²) in [5, 5.41) is 0. The topological polar surface area (TPSA) is 18.5 Å². The minimum Gasteiger partial charge on any atom is -0.464 e. The van der Waals surface area contributed by atoms with Crippen LogP contribution in [-0.4, -0.2) is 12.4 Å². The monoisotopic (exact) mass is 262 g/mol. The molecule has 1 unspecified atom stereocenters. The van der Waals surface area contributed by atoms with Gasteiger partial charge in [-0.15, -0.1) is 0 Å². The van der Waals surface area contributed by atoms with Crippen LogP contribution in [0.1, 0.15) is 47.1 Å². The second kappa shape index (κ2) is 6.25. The van der Waals surface area contributed by atoms with Crippen LogP contribution in [0.5, 0.6) is 5.75 Å². The maximum atomic E-state index is 5.97. The first kappa shape index (κ1) is 15.8. The average Bonchev–Trinajstić information content (AvgIpc) is 2.27. The van der Waals surface area contributed by atoms with Crippen molar-refractivity contribution >= 4 is 5.57 Å². The number of benzene rings is 1. The number of allylic oxidation sites excluding steroid dienone is 1. The number of hydrogen-bond acceptors (Lipinski definition) is 2. The Morgan fingerprint density at radius 3 is 2.00 bits per heavy atom. The summed E-state index contributed by atoms with van der Waals surface area (Å²) in [4.78, 5) is 0. The normalized spacial score (nSPS) is 13.4. The lowest BCUT2D eigenvalue weighted by Gasteiger charge is -2.32. The lowest BCUT2D eigenvalue weighted by molar-refractivity contribution is -0.162. The van der Waals surface area contributed by atoms with E-state index in [1.807, 2.05) is 45.0 Å². The highest BCUT2D eigenvalue weighted by Gasteiger charge is 2.28. The Labute approximate surface area is 117 Å². The van der Waals surface area contributed by atoms with Crippen molar-refractivity contribution in [2.75, 3.05) is 0 Å². The van der Waals surface area contributed by atoms with E-state index in [0.29, 0.717) is 0 Å². The molecule has 0 aliphatic heterocycles. The second-order valence-electron chi connectivity index (χ2n) is 6.31. The number of ether oxygens (including phenoxy) is 2. The van der Waals surface area contributed by atoms with Gasteiger partial charge in [0.15, 0.2) is 0 Å². The van der Waals surface area contributed by atoms with E-state index >= 15 is 0 Å². The molecule has 0 aromatic heterocycles. The van der Waals surface area contributed by atoms with Crippen LogP contribution in [0.15, 0.2) is 30.8 Å². The first-order valence-electron chi connectivity index (χ1n) is 6.78. The minimum atomic E-state index is -0.261. The molecule has 0 aliphatic rings. The molecule has 1 aromatic carbocycles. The first-order valence-corrected chi connectivity index (χ1v) is 6.78. The highest BCUT2D eigenvalue weighted by Crippen LogP contribution is 2.27. The zero-order chi connectivity index (χ0) is 14.6. The van der Waals surface area contributed by atoms with Crippen molar-refractivity contribution in [1.82, 2.24) is 0 Å². The smallest absolute Gasteiger partial charge is 0.204 e. The summed E-state index contributed by atoms with van der Waals surface area (Å²) < 4.78 is 11.8. The van der Waals surface area contributed by atoms with Crippen molar-refractivity contribution in [3.63, 3.8) is 0 Å². The fourth-order valence-corrected chi connectivity index (χ4v) is 1.60. The van der Waals surface area contributed by atoms with Gasteiger partial charge in [0.2, 0.25) is 6.29 Å². The molecule has 106 valence electrons. The van der Waals surface area contributed by atoms with E-state index in [-0.39, 0.29) is 17.8 Å². The Morgan fingerprint density at radius 1 is 1.11 bits per heavy atom. The van der Waals surface area contributed by atoms with E-state index in [9.17, 15) is 0 Å². The Hall–Kier alpha value is -1.28. The third-order valence-electron chi connectivity index (χ3n) is 2.69. The standard InChI is InChI=1S/C17H26O2/c1-12(2)14-8-10-15(11-9-14)19-16(17(5,6)7)18-13(3)4/h8-11,13,16H,1H2,2-7H3. The second-order valence-corrected chi connectivity index (χ2v) is 6.31. The molecule has 19 heavy (non-hydrogen) atoms. The van der Waals surface area contributed by atoms with Crippen LogP contribution in [0, 0.1) is 5.41 Å². The minimum absolute atomic E-state index is 0.0721. The molecular formula is C17H26O2. The molecule has 0 fully saturated rings. The van der Waals surface area contributed by atoms with E-state index in [4.69, 9.17) is 9.47 Å². The van der Waals surface area contributed by atoms with Crippen LogP contribution in [-0.2, 0) is 4.74 Å². The van der Waals surface area contributed by atoms with Crippen LogP contribution in [0.3, 0.4) is 0 Å². The predicted octanol–water partition coefficient (Wildman–Crippen LogP) is 4.90. The zero-order valence-corrected chi connectivity index (χ0v) is 13.0. The molecule has 0 N–H and O–H groups in total. The van der Waals surface area contributed by atoms with Gasteiger partial charge in [-0.2, -0.15) is 0 Å². The Balaban J connectivity index is 2.81. The molecule has 1 aromatic rings. The predicted molar refractivity (Wildman–Crippen MR) is 81.2 cm³/mol. The summed E-state index contributed by atoms with van der Waals surface area (Å²) in [5.74, 6) is 0.825. The van der Waals surface area contributed by atoms with Gasteiger partial charge < -0.3 is 9.47 Å². The maximum Gasteiger partial charge on any atom is 0.204 e. The third kappa shape index (κ3) is 5.07. The third-order valence-corrected chi connectivity index (χ3v) is 2.69. The van der Waals surface area contributed by atoms with Gasteiger partial charge in [0.05, 0.1) is 6.10 Å². The highest BCUT2D eigenvalue weighted by atomic mass is 16.7. The average molecular weight is 262 g/mol. The SMILES string of the molecule is C=C(C)c1ccc(OC(OC(C)C)C(C)(C)C)cc1. The largest absolute Gasteiger partial charge is 0.464 e. The quantitative estimate of drug-likeness (QED) is 0.703. The molecule has 0 spiro atoms. The van der Waals surface area contributed by atoms with Gasteiger partial charge in [-0.05, 0) is 38.5 Å². The van der Waals surface area contributed by atoms with Crippen molar-refractivity contribution in [2.24, 2.45) is 5.41 Å².